The summed E-state index contributed by atoms with van der Waals surface area (Å²) < 4.78 is 1.89. The third-order valence-electron chi connectivity index (χ3n) is 2.36. The third kappa shape index (κ3) is 1.06. The van der Waals surface area contributed by atoms with E-state index in [-0.39, 0.29) is 5.95 Å². The number of imidazole rings is 1. The molecule has 0 amide bonds. The Balaban J connectivity index is 2.61. The number of anilines is 1. The molecule has 0 unspecified atom stereocenters. The van der Waals surface area contributed by atoms with Gasteiger partial charge in [0, 0.05) is 0 Å². The van der Waals surface area contributed by atoms with Crippen molar-refractivity contribution in [3.63, 3.8) is 0 Å². The van der Waals surface area contributed by atoms with Crippen LogP contribution in [-0.2, 0) is 0 Å². The fourth-order valence-corrected chi connectivity index (χ4v) is 1.75. The molecule has 0 aliphatic rings. The maximum absolute atomic E-state index is 5.57. The van der Waals surface area contributed by atoms with Gasteiger partial charge >= 0.3 is 0 Å². The first-order valence-corrected chi connectivity index (χ1v) is 4.63. The van der Waals surface area contributed by atoms with Crippen LogP contribution < -0.4 is 5.73 Å². The van der Waals surface area contributed by atoms with Gasteiger partial charge in [0.2, 0.25) is 11.7 Å². The van der Waals surface area contributed by atoms with Crippen LogP contribution in [0.3, 0.4) is 0 Å². The summed E-state index contributed by atoms with van der Waals surface area (Å²) in [6.45, 7) is 1.89. The van der Waals surface area contributed by atoms with E-state index in [0.717, 1.165) is 16.9 Å². The molecule has 0 fully saturated rings. The van der Waals surface area contributed by atoms with Gasteiger partial charge in [-0.05, 0) is 19.1 Å². The van der Waals surface area contributed by atoms with E-state index in [1.54, 1.807) is 0 Å². The van der Waals surface area contributed by atoms with Crippen molar-refractivity contribution in [2.75, 3.05) is 5.73 Å². The van der Waals surface area contributed by atoms with E-state index >= 15 is 0 Å². The van der Waals surface area contributed by atoms with Gasteiger partial charge in [-0.2, -0.15) is 9.97 Å². The summed E-state index contributed by atoms with van der Waals surface area (Å²) in [4.78, 5) is 12.6. The van der Waals surface area contributed by atoms with Crippen LogP contribution in [0.5, 0.6) is 0 Å². The van der Waals surface area contributed by atoms with Crippen LogP contribution in [0.1, 0.15) is 5.82 Å². The number of hydrogen-bond donors (Lipinski definition) is 1. The summed E-state index contributed by atoms with van der Waals surface area (Å²) in [7, 11) is 0. The molecule has 0 radical (unpaired) electrons. The van der Waals surface area contributed by atoms with Gasteiger partial charge in [-0.15, -0.1) is 0 Å². The summed E-state index contributed by atoms with van der Waals surface area (Å²) in [5.74, 6) is 1.66. The van der Waals surface area contributed by atoms with Crippen LogP contribution in [0.25, 0.3) is 16.8 Å². The highest BCUT2D eigenvalue weighted by molar-refractivity contribution is 5.79. The fourth-order valence-electron chi connectivity index (χ4n) is 1.75. The molecule has 2 heterocycles. The van der Waals surface area contributed by atoms with Gasteiger partial charge in [0.25, 0.3) is 0 Å². The summed E-state index contributed by atoms with van der Waals surface area (Å²) >= 11 is 0. The van der Waals surface area contributed by atoms with E-state index in [1.807, 2.05) is 35.6 Å². The van der Waals surface area contributed by atoms with E-state index in [4.69, 9.17) is 5.73 Å². The highest BCUT2D eigenvalue weighted by Gasteiger charge is 2.08. The predicted molar refractivity (Wildman–Crippen MR) is 57.4 cm³/mol. The van der Waals surface area contributed by atoms with Gasteiger partial charge < -0.3 is 5.73 Å². The number of nitrogens with zero attached hydrogens (tertiary/aromatic N) is 4. The van der Waals surface area contributed by atoms with Crippen molar-refractivity contribution >= 4 is 22.8 Å². The number of benzene rings is 1. The van der Waals surface area contributed by atoms with E-state index < -0.39 is 0 Å². The van der Waals surface area contributed by atoms with Gasteiger partial charge in [0.1, 0.15) is 5.82 Å². The van der Waals surface area contributed by atoms with E-state index in [2.05, 4.69) is 15.0 Å². The summed E-state index contributed by atoms with van der Waals surface area (Å²) in [5, 5.41) is 0. The number of nitrogens with two attached hydrogens (primary N) is 1. The van der Waals surface area contributed by atoms with Crippen molar-refractivity contribution in [3.05, 3.63) is 30.1 Å². The normalized spacial score (nSPS) is 11.3. The van der Waals surface area contributed by atoms with Crippen molar-refractivity contribution in [3.8, 4) is 0 Å². The first-order valence-electron chi connectivity index (χ1n) is 4.63. The monoisotopic (exact) mass is 199 g/mol. The smallest absolute Gasteiger partial charge is 0.239 e. The first kappa shape index (κ1) is 8.16. The Morgan fingerprint density at radius 2 is 1.93 bits per heavy atom. The van der Waals surface area contributed by atoms with Crippen molar-refractivity contribution in [2.45, 2.75) is 6.92 Å². The molecule has 0 saturated heterocycles. The van der Waals surface area contributed by atoms with Crippen LogP contribution in [-0.4, -0.2) is 19.4 Å². The van der Waals surface area contributed by atoms with Gasteiger partial charge in [-0.3, -0.25) is 4.40 Å². The van der Waals surface area contributed by atoms with Crippen LogP contribution in [0.15, 0.2) is 24.3 Å². The predicted octanol–water partition coefficient (Wildman–Crippen LogP) is 1.17. The Kier molecular flexibility index (Phi) is 1.45. The Morgan fingerprint density at radius 1 is 1.13 bits per heavy atom. The number of aryl methyl sites for hydroxylation is 1. The van der Waals surface area contributed by atoms with Crippen molar-refractivity contribution in [1.82, 2.24) is 19.4 Å². The van der Waals surface area contributed by atoms with Crippen LogP contribution in [0.4, 0.5) is 5.95 Å². The standard InChI is InChI=1S/C10H9N5/c1-6-12-9(11)14-10-13-7-4-2-3-5-8(7)15(6)10/h2-5H,1H3,(H2,11,13,14). The molecule has 0 spiro atoms. The number of fused-ring (bicyclic) bond motifs is 3. The zero-order valence-electron chi connectivity index (χ0n) is 8.18. The lowest BCUT2D eigenvalue weighted by atomic mass is 10.3. The lowest BCUT2D eigenvalue weighted by molar-refractivity contribution is 0.965. The van der Waals surface area contributed by atoms with E-state index in [0.29, 0.717) is 5.78 Å². The number of nitrogen functional groups attached to an aromatic ring is 1. The molecule has 2 N–H and O–H groups in total. The number of rotatable bonds is 0. The molecular formula is C10H9N5. The van der Waals surface area contributed by atoms with Crippen LogP contribution in [0.2, 0.25) is 0 Å². The quantitative estimate of drug-likeness (QED) is 0.590. The summed E-state index contributed by atoms with van der Waals surface area (Å²) in [6, 6.07) is 7.84. The molecule has 5 heteroatoms. The van der Waals surface area contributed by atoms with Gasteiger partial charge in [0.05, 0.1) is 11.0 Å². The van der Waals surface area contributed by atoms with Crippen molar-refractivity contribution in [1.29, 1.82) is 0 Å². The molecule has 0 atom stereocenters. The molecule has 1 aromatic carbocycles. The minimum absolute atomic E-state index is 0.260. The molecule has 5 nitrogen and oxygen atoms in total. The Bertz CT molecular complexity index is 655. The molecule has 0 saturated carbocycles. The lowest BCUT2D eigenvalue weighted by Gasteiger charge is -1.99. The first-order chi connectivity index (χ1) is 7.25. The zero-order chi connectivity index (χ0) is 10.4. The maximum atomic E-state index is 5.57. The second-order valence-electron chi connectivity index (χ2n) is 3.36. The Hall–Kier alpha value is -2.17. The molecule has 15 heavy (non-hydrogen) atoms. The topological polar surface area (TPSA) is 69.1 Å². The third-order valence-corrected chi connectivity index (χ3v) is 2.36. The molecule has 0 bridgehead atoms. The zero-order valence-corrected chi connectivity index (χ0v) is 8.18. The summed E-state index contributed by atoms with van der Waals surface area (Å²) in [6.07, 6.45) is 0. The van der Waals surface area contributed by atoms with Crippen molar-refractivity contribution in [2.24, 2.45) is 0 Å². The van der Waals surface area contributed by atoms with Crippen LogP contribution in [0, 0.1) is 6.92 Å². The average molecular weight is 199 g/mol. The maximum Gasteiger partial charge on any atom is 0.239 e. The largest absolute Gasteiger partial charge is 0.368 e. The second kappa shape index (κ2) is 2.66. The highest BCUT2D eigenvalue weighted by atomic mass is 15.2. The molecule has 74 valence electrons. The molecule has 3 rings (SSSR count). The molecule has 0 aliphatic carbocycles. The summed E-state index contributed by atoms with van der Waals surface area (Å²) in [5.41, 5.74) is 7.48. The fraction of sp³-hybridized carbons (Fsp3) is 0.100. The van der Waals surface area contributed by atoms with Gasteiger partial charge in [-0.25, -0.2) is 4.98 Å². The molecular weight excluding hydrogens is 190 g/mol. The average Bonchev–Trinajstić information content (AvgIpc) is 2.54. The van der Waals surface area contributed by atoms with Gasteiger partial charge in [0.15, 0.2) is 0 Å². The Morgan fingerprint density at radius 3 is 2.80 bits per heavy atom. The highest BCUT2D eigenvalue weighted by Crippen LogP contribution is 2.16. The van der Waals surface area contributed by atoms with Gasteiger partial charge in [-0.1, -0.05) is 12.1 Å². The molecule has 2 aromatic heterocycles. The lowest BCUT2D eigenvalue weighted by Crippen LogP contribution is -2.03. The number of para-hydroxylation sites is 2. The van der Waals surface area contributed by atoms with E-state index in [9.17, 15) is 0 Å². The second-order valence-corrected chi connectivity index (χ2v) is 3.36. The minimum Gasteiger partial charge on any atom is -0.368 e. The number of hydrogen-bond acceptors (Lipinski definition) is 4. The van der Waals surface area contributed by atoms with Crippen LogP contribution >= 0.6 is 0 Å². The SMILES string of the molecule is Cc1nc(N)nc2nc3ccccc3n12. The Labute approximate surface area is 85.6 Å². The molecule has 0 aliphatic heterocycles. The molecule has 3 aromatic rings. The van der Waals surface area contributed by atoms with Crippen molar-refractivity contribution < 1.29 is 0 Å². The van der Waals surface area contributed by atoms with E-state index in [1.165, 1.54) is 0 Å². The minimum atomic E-state index is 0.260. The number of aromatic nitrogens is 4.